The van der Waals surface area contributed by atoms with Gasteiger partial charge in [0.05, 0.1) is 30.9 Å². The Balaban J connectivity index is 1.77. The lowest BCUT2D eigenvalue weighted by Crippen LogP contribution is -2.51. The van der Waals surface area contributed by atoms with Crippen molar-refractivity contribution in [3.05, 3.63) is 24.0 Å². The minimum Gasteiger partial charge on any atom is -0.344 e. The first-order chi connectivity index (χ1) is 12.2. The highest BCUT2D eigenvalue weighted by Crippen LogP contribution is 2.42. The molecule has 2 aliphatic heterocycles. The third kappa shape index (κ3) is 2.44. The number of halogens is 4. The third-order valence-corrected chi connectivity index (χ3v) is 4.38. The number of rotatable bonds is 2. The van der Waals surface area contributed by atoms with E-state index in [-0.39, 0.29) is 23.7 Å². The Kier molecular flexibility index (Phi) is 3.36. The molecule has 2 saturated heterocycles. The summed E-state index contributed by atoms with van der Waals surface area (Å²) in [5, 5.41) is 8.44. The number of aromatic nitrogens is 3. The van der Waals surface area contributed by atoms with Crippen LogP contribution in [0.4, 0.5) is 28.2 Å². The van der Waals surface area contributed by atoms with Crippen LogP contribution in [0.3, 0.4) is 0 Å². The molecule has 0 spiro atoms. The van der Waals surface area contributed by atoms with Gasteiger partial charge in [-0.3, -0.25) is 10.1 Å². The van der Waals surface area contributed by atoms with Crippen LogP contribution in [0, 0.1) is 0 Å². The quantitative estimate of drug-likeness (QED) is 0.759. The number of amides is 3. The van der Waals surface area contributed by atoms with Crippen LogP contribution in [-0.4, -0.2) is 58.0 Å². The number of urea groups is 1. The molecule has 4 rings (SSSR count). The molecule has 4 heterocycles. The molecule has 12 heteroatoms. The first-order valence-electron chi connectivity index (χ1n) is 7.62. The summed E-state index contributed by atoms with van der Waals surface area (Å²) in [5.41, 5.74) is 0.366. The Morgan fingerprint density at radius 3 is 2.50 bits per heavy atom. The van der Waals surface area contributed by atoms with Crippen molar-refractivity contribution >= 4 is 23.4 Å². The summed E-state index contributed by atoms with van der Waals surface area (Å²) in [6, 6.07) is 2.06. The minimum atomic E-state index is -4.19. The minimum absolute atomic E-state index is 0.0310. The summed E-state index contributed by atoms with van der Waals surface area (Å²) in [4.78, 5) is 28.3. The number of fused-ring (bicyclic) bond motifs is 1. The SMILES string of the molecule is O=C1NCC(c2cc(N3CC(F)(F)C(F)(F)C3)n3nccc3n2)C(=O)N1. The van der Waals surface area contributed by atoms with Crippen LogP contribution >= 0.6 is 0 Å². The molecule has 26 heavy (non-hydrogen) atoms. The summed E-state index contributed by atoms with van der Waals surface area (Å²) in [6.07, 6.45) is 1.34. The number of imide groups is 1. The molecule has 2 aliphatic rings. The molecule has 0 radical (unpaired) electrons. The van der Waals surface area contributed by atoms with E-state index < -0.39 is 42.8 Å². The number of hydrogen-bond donors (Lipinski definition) is 2. The number of alkyl halides is 4. The largest absolute Gasteiger partial charge is 0.344 e. The van der Waals surface area contributed by atoms with Crippen molar-refractivity contribution in [2.24, 2.45) is 0 Å². The lowest BCUT2D eigenvalue weighted by Gasteiger charge is -2.24. The Hall–Kier alpha value is -2.92. The second-order valence-corrected chi connectivity index (χ2v) is 6.16. The number of carbonyl (C=O) groups is 2. The lowest BCUT2D eigenvalue weighted by molar-refractivity contribution is -0.172. The van der Waals surface area contributed by atoms with Crippen LogP contribution < -0.4 is 15.5 Å². The summed E-state index contributed by atoms with van der Waals surface area (Å²) in [7, 11) is 0. The molecule has 0 aliphatic carbocycles. The van der Waals surface area contributed by atoms with Crippen molar-refractivity contribution in [3.63, 3.8) is 0 Å². The summed E-state index contributed by atoms with van der Waals surface area (Å²) in [5.74, 6) is -9.90. The van der Waals surface area contributed by atoms with Crippen LogP contribution in [0.2, 0.25) is 0 Å². The topological polar surface area (TPSA) is 91.6 Å². The van der Waals surface area contributed by atoms with E-state index >= 15 is 0 Å². The molecular formula is C14H12F4N6O2. The number of hydrogen-bond acceptors (Lipinski definition) is 5. The molecule has 0 saturated carbocycles. The summed E-state index contributed by atoms with van der Waals surface area (Å²) < 4.78 is 55.5. The van der Waals surface area contributed by atoms with E-state index in [1.54, 1.807) is 0 Å². The van der Waals surface area contributed by atoms with Crippen LogP contribution in [0.25, 0.3) is 5.65 Å². The van der Waals surface area contributed by atoms with E-state index in [0.29, 0.717) is 0 Å². The Morgan fingerprint density at radius 1 is 1.15 bits per heavy atom. The summed E-state index contributed by atoms with van der Waals surface area (Å²) >= 11 is 0. The zero-order chi connectivity index (χ0) is 18.7. The zero-order valence-electron chi connectivity index (χ0n) is 13.0. The monoisotopic (exact) mass is 372 g/mol. The predicted molar refractivity (Wildman–Crippen MR) is 79.4 cm³/mol. The predicted octanol–water partition coefficient (Wildman–Crippen LogP) is 0.743. The van der Waals surface area contributed by atoms with Crippen LogP contribution in [0.1, 0.15) is 11.6 Å². The Labute approximate surface area is 143 Å². The number of nitrogens with one attached hydrogen (secondary N) is 2. The van der Waals surface area contributed by atoms with Crippen LogP contribution in [0.15, 0.2) is 18.3 Å². The van der Waals surface area contributed by atoms with E-state index in [2.05, 4.69) is 20.7 Å². The first-order valence-corrected chi connectivity index (χ1v) is 7.62. The van der Waals surface area contributed by atoms with Gasteiger partial charge in [0, 0.05) is 18.7 Å². The van der Waals surface area contributed by atoms with Gasteiger partial charge in [-0.1, -0.05) is 0 Å². The van der Waals surface area contributed by atoms with Crippen LogP contribution in [0.5, 0.6) is 0 Å². The normalized spacial score (nSPS) is 24.6. The number of anilines is 1. The molecule has 0 aromatic carbocycles. The molecule has 2 N–H and O–H groups in total. The molecule has 2 fully saturated rings. The van der Waals surface area contributed by atoms with E-state index in [1.807, 2.05) is 0 Å². The van der Waals surface area contributed by atoms with Gasteiger partial charge >= 0.3 is 17.9 Å². The fourth-order valence-electron chi connectivity index (χ4n) is 3.02. The second-order valence-electron chi connectivity index (χ2n) is 6.16. The maximum Gasteiger partial charge on any atom is 0.329 e. The lowest BCUT2D eigenvalue weighted by atomic mass is 10.0. The van der Waals surface area contributed by atoms with Gasteiger partial charge in [-0.05, 0) is 0 Å². The molecular weight excluding hydrogens is 360 g/mol. The molecule has 138 valence electrons. The molecule has 2 aromatic heterocycles. The van der Waals surface area contributed by atoms with Gasteiger partial charge in [0.1, 0.15) is 5.82 Å². The van der Waals surface area contributed by atoms with Crippen molar-refractivity contribution < 1.29 is 27.2 Å². The van der Waals surface area contributed by atoms with Crippen molar-refractivity contribution in [3.8, 4) is 0 Å². The maximum atomic E-state index is 13.6. The van der Waals surface area contributed by atoms with Gasteiger partial charge in [-0.25, -0.2) is 9.78 Å². The Morgan fingerprint density at radius 2 is 1.85 bits per heavy atom. The highest BCUT2D eigenvalue weighted by molar-refractivity contribution is 6.00. The molecule has 1 atom stereocenters. The fraction of sp³-hybridized carbons (Fsp3) is 0.429. The molecule has 3 amide bonds. The smallest absolute Gasteiger partial charge is 0.329 e. The van der Waals surface area contributed by atoms with Gasteiger partial charge in [-0.15, -0.1) is 0 Å². The zero-order valence-corrected chi connectivity index (χ0v) is 13.0. The molecule has 1 unspecified atom stereocenters. The third-order valence-electron chi connectivity index (χ3n) is 4.38. The average molecular weight is 372 g/mol. The van der Waals surface area contributed by atoms with Crippen molar-refractivity contribution in [1.82, 2.24) is 25.2 Å². The van der Waals surface area contributed by atoms with E-state index in [4.69, 9.17) is 0 Å². The van der Waals surface area contributed by atoms with Gasteiger partial charge in [-0.2, -0.15) is 27.2 Å². The molecule has 0 bridgehead atoms. The first kappa shape index (κ1) is 16.5. The molecule has 8 nitrogen and oxygen atoms in total. The van der Waals surface area contributed by atoms with Crippen molar-refractivity contribution in [2.45, 2.75) is 17.8 Å². The number of carbonyl (C=O) groups excluding carboxylic acids is 2. The van der Waals surface area contributed by atoms with E-state index in [9.17, 15) is 27.2 Å². The van der Waals surface area contributed by atoms with Gasteiger partial charge < -0.3 is 10.2 Å². The second kappa shape index (κ2) is 5.29. The Bertz CT molecular complexity index is 898. The average Bonchev–Trinajstić information content (AvgIpc) is 3.08. The molecule has 2 aromatic rings. The van der Waals surface area contributed by atoms with Crippen molar-refractivity contribution in [1.29, 1.82) is 0 Å². The van der Waals surface area contributed by atoms with Crippen molar-refractivity contribution in [2.75, 3.05) is 24.5 Å². The van der Waals surface area contributed by atoms with Gasteiger partial charge in [0.25, 0.3) is 0 Å². The van der Waals surface area contributed by atoms with Gasteiger partial charge in [0.2, 0.25) is 5.91 Å². The van der Waals surface area contributed by atoms with E-state index in [0.717, 1.165) is 9.42 Å². The highest BCUT2D eigenvalue weighted by atomic mass is 19.3. The van der Waals surface area contributed by atoms with Crippen LogP contribution in [-0.2, 0) is 4.79 Å². The maximum absolute atomic E-state index is 13.6. The van der Waals surface area contributed by atoms with E-state index in [1.165, 1.54) is 18.3 Å². The fourth-order valence-corrected chi connectivity index (χ4v) is 3.02. The number of nitrogens with zero attached hydrogens (tertiary/aromatic N) is 4. The van der Waals surface area contributed by atoms with Gasteiger partial charge in [0.15, 0.2) is 5.65 Å². The standard InChI is InChI=1S/C14H12F4N6O2/c15-13(16)5-23(6-14(13,17)18)10-3-8(21-9-1-2-20-24(9)10)7-4-19-12(26)22-11(7)25/h1-3,7H,4-6H2,(H2,19,22,25,26). The summed E-state index contributed by atoms with van der Waals surface area (Å²) in [6.45, 7) is -2.42. The highest BCUT2D eigenvalue weighted by Gasteiger charge is 2.63.